The Morgan fingerprint density at radius 2 is 1.89 bits per heavy atom. The SMILES string of the molecule is N#CCC(O)C(O)c1cc(C(F)(F)F)ccc1O. The van der Waals surface area contributed by atoms with E-state index in [-0.39, 0.29) is 0 Å². The minimum Gasteiger partial charge on any atom is -0.508 e. The third-order valence-corrected chi connectivity index (χ3v) is 2.34. The van der Waals surface area contributed by atoms with Crippen LogP contribution in [0.5, 0.6) is 5.75 Å². The fraction of sp³-hybridized carbons (Fsp3) is 0.364. The number of nitrogens with zero attached hydrogens (tertiary/aromatic N) is 1. The van der Waals surface area contributed by atoms with E-state index in [1.165, 1.54) is 0 Å². The van der Waals surface area contributed by atoms with Crippen LogP contribution in [0, 0.1) is 11.3 Å². The van der Waals surface area contributed by atoms with E-state index in [9.17, 15) is 28.5 Å². The number of benzene rings is 1. The fourth-order valence-corrected chi connectivity index (χ4v) is 1.38. The highest BCUT2D eigenvalue weighted by atomic mass is 19.4. The molecule has 0 bridgehead atoms. The molecule has 98 valence electrons. The maximum atomic E-state index is 12.4. The summed E-state index contributed by atoms with van der Waals surface area (Å²) in [4.78, 5) is 0. The molecule has 2 atom stereocenters. The number of phenolic OH excluding ortho intramolecular Hbond substituents is 1. The van der Waals surface area contributed by atoms with E-state index in [2.05, 4.69) is 0 Å². The average molecular weight is 261 g/mol. The van der Waals surface area contributed by atoms with Crippen molar-refractivity contribution in [2.24, 2.45) is 0 Å². The zero-order valence-electron chi connectivity index (χ0n) is 9.02. The molecule has 0 saturated heterocycles. The molecule has 2 unspecified atom stereocenters. The van der Waals surface area contributed by atoms with Crippen LogP contribution in [-0.2, 0) is 6.18 Å². The minimum absolute atomic E-state index is 0.461. The number of hydrogen-bond acceptors (Lipinski definition) is 4. The van der Waals surface area contributed by atoms with Crippen molar-refractivity contribution in [1.29, 1.82) is 5.26 Å². The van der Waals surface area contributed by atoms with Gasteiger partial charge in [-0.2, -0.15) is 18.4 Å². The molecule has 0 fully saturated rings. The van der Waals surface area contributed by atoms with Crippen molar-refractivity contribution in [2.45, 2.75) is 24.8 Å². The molecule has 0 aliphatic carbocycles. The highest BCUT2D eigenvalue weighted by Gasteiger charge is 2.32. The first-order valence-electron chi connectivity index (χ1n) is 4.90. The molecular weight excluding hydrogens is 251 g/mol. The quantitative estimate of drug-likeness (QED) is 0.773. The second kappa shape index (κ2) is 5.25. The first-order valence-corrected chi connectivity index (χ1v) is 4.90. The van der Waals surface area contributed by atoms with Gasteiger partial charge in [-0.15, -0.1) is 0 Å². The summed E-state index contributed by atoms with van der Waals surface area (Å²) in [6.45, 7) is 0. The van der Waals surface area contributed by atoms with Gasteiger partial charge in [-0.3, -0.25) is 0 Å². The number of phenols is 1. The van der Waals surface area contributed by atoms with E-state index in [0.29, 0.717) is 12.1 Å². The molecule has 0 aliphatic rings. The third kappa shape index (κ3) is 3.12. The van der Waals surface area contributed by atoms with Gasteiger partial charge in [0, 0.05) is 5.56 Å². The number of aliphatic hydroxyl groups excluding tert-OH is 2. The van der Waals surface area contributed by atoms with Gasteiger partial charge in [0.2, 0.25) is 0 Å². The van der Waals surface area contributed by atoms with Crippen molar-refractivity contribution < 1.29 is 28.5 Å². The topological polar surface area (TPSA) is 84.5 Å². The van der Waals surface area contributed by atoms with Crippen LogP contribution in [-0.4, -0.2) is 21.4 Å². The molecule has 4 nitrogen and oxygen atoms in total. The summed E-state index contributed by atoms with van der Waals surface area (Å²) in [5, 5.41) is 36.6. The van der Waals surface area contributed by atoms with Crippen LogP contribution in [0.4, 0.5) is 13.2 Å². The number of aliphatic hydroxyl groups is 2. The lowest BCUT2D eigenvalue weighted by molar-refractivity contribution is -0.137. The summed E-state index contributed by atoms with van der Waals surface area (Å²) in [6, 6.07) is 3.54. The largest absolute Gasteiger partial charge is 0.508 e. The maximum absolute atomic E-state index is 12.4. The summed E-state index contributed by atoms with van der Waals surface area (Å²) in [5.41, 5.74) is -1.52. The Bertz CT molecular complexity index is 468. The van der Waals surface area contributed by atoms with E-state index in [4.69, 9.17) is 5.26 Å². The zero-order chi connectivity index (χ0) is 13.9. The normalized spacial score (nSPS) is 14.9. The smallest absolute Gasteiger partial charge is 0.416 e. The molecule has 18 heavy (non-hydrogen) atoms. The molecule has 0 spiro atoms. The van der Waals surface area contributed by atoms with Crippen LogP contribution < -0.4 is 0 Å². The van der Waals surface area contributed by atoms with E-state index in [1.807, 2.05) is 0 Å². The number of aromatic hydroxyl groups is 1. The number of hydrogen-bond donors (Lipinski definition) is 3. The van der Waals surface area contributed by atoms with Gasteiger partial charge in [0.25, 0.3) is 0 Å². The van der Waals surface area contributed by atoms with E-state index in [0.717, 1.165) is 6.07 Å². The van der Waals surface area contributed by atoms with E-state index in [1.54, 1.807) is 6.07 Å². The van der Waals surface area contributed by atoms with E-state index >= 15 is 0 Å². The van der Waals surface area contributed by atoms with Crippen molar-refractivity contribution in [3.8, 4) is 11.8 Å². The molecule has 0 radical (unpaired) electrons. The Labute approximate surface area is 101 Å². The van der Waals surface area contributed by atoms with Crippen molar-refractivity contribution in [3.63, 3.8) is 0 Å². The van der Waals surface area contributed by atoms with Gasteiger partial charge in [-0.05, 0) is 18.2 Å². The molecule has 1 aromatic rings. The zero-order valence-corrected chi connectivity index (χ0v) is 9.02. The second-order valence-corrected chi connectivity index (χ2v) is 3.65. The first-order chi connectivity index (χ1) is 8.27. The summed E-state index contributed by atoms with van der Waals surface area (Å²) in [5.74, 6) is -0.576. The van der Waals surface area contributed by atoms with E-state index < -0.39 is 41.7 Å². The Hall–Kier alpha value is -1.78. The third-order valence-electron chi connectivity index (χ3n) is 2.34. The number of halogens is 3. The van der Waals surface area contributed by atoms with Gasteiger partial charge in [-0.1, -0.05) is 0 Å². The molecule has 0 aliphatic heterocycles. The van der Waals surface area contributed by atoms with Crippen molar-refractivity contribution in [3.05, 3.63) is 29.3 Å². The molecule has 0 heterocycles. The molecule has 7 heteroatoms. The van der Waals surface area contributed by atoms with Gasteiger partial charge >= 0.3 is 6.18 Å². The van der Waals surface area contributed by atoms with Gasteiger partial charge in [0.05, 0.1) is 24.2 Å². The lowest BCUT2D eigenvalue weighted by Crippen LogP contribution is -2.18. The molecule has 0 aromatic heterocycles. The molecule has 1 rings (SSSR count). The highest BCUT2D eigenvalue weighted by Crippen LogP contribution is 2.35. The van der Waals surface area contributed by atoms with Gasteiger partial charge in [0.1, 0.15) is 11.9 Å². The molecular formula is C11H10F3NO3. The summed E-state index contributed by atoms with van der Waals surface area (Å²) < 4.78 is 37.3. The lowest BCUT2D eigenvalue weighted by atomic mass is 9.99. The molecule has 3 N–H and O–H groups in total. The van der Waals surface area contributed by atoms with Crippen LogP contribution in [0.25, 0.3) is 0 Å². The van der Waals surface area contributed by atoms with Crippen molar-refractivity contribution in [2.75, 3.05) is 0 Å². The maximum Gasteiger partial charge on any atom is 0.416 e. The van der Waals surface area contributed by atoms with Crippen LogP contribution in [0.3, 0.4) is 0 Å². The van der Waals surface area contributed by atoms with Crippen molar-refractivity contribution >= 4 is 0 Å². The lowest BCUT2D eigenvalue weighted by Gasteiger charge is -2.18. The van der Waals surface area contributed by atoms with Gasteiger partial charge < -0.3 is 15.3 Å². The second-order valence-electron chi connectivity index (χ2n) is 3.65. The molecule has 0 saturated carbocycles. The van der Waals surface area contributed by atoms with Crippen LogP contribution in [0.15, 0.2) is 18.2 Å². The predicted molar refractivity (Wildman–Crippen MR) is 54.3 cm³/mol. The standard InChI is InChI=1S/C11H10F3NO3/c12-11(13,14)6-1-2-8(16)7(5-6)10(18)9(17)3-4-15/h1-2,5,9-10,16-18H,3H2. The van der Waals surface area contributed by atoms with Crippen LogP contribution in [0.2, 0.25) is 0 Å². The minimum atomic E-state index is -4.62. The van der Waals surface area contributed by atoms with Crippen LogP contribution >= 0.6 is 0 Å². The average Bonchev–Trinajstić information content (AvgIpc) is 2.27. The monoisotopic (exact) mass is 261 g/mol. The summed E-state index contributed by atoms with van der Waals surface area (Å²) in [7, 11) is 0. The molecule has 1 aromatic carbocycles. The highest BCUT2D eigenvalue weighted by molar-refractivity contribution is 5.39. The van der Waals surface area contributed by atoms with Crippen molar-refractivity contribution in [1.82, 2.24) is 0 Å². The fourth-order valence-electron chi connectivity index (χ4n) is 1.38. The van der Waals surface area contributed by atoms with Gasteiger partial charge in [-0.25, -0.2) is 0 Å². The number of nitriles is 1. The Balaban J connectivity index is 3.12. The van der Waals surface area contributed by atoms with Gasteiger partial charge in [0.15, 0.2) is 0 Å². The Kier molecular flexibility index (Phi) is 4.16. The van der Waals surface area contributed by atoms with Crippen LogP contribution in [0.1, 0.15) is 23.7 Å². The number of rotatable bonds is 3. The predicted octanol–water partition coefficient (Wildman–Crippen LogP) is 1.72. The Morgan fingerprint density at radius 3 is 2.39 bits per heavy atom. The molecule has 0 amide bonds. The summed E-state index contributed by atoms with van der Waals surface area (Å²) in [6.07, 6.45) is -8.41. The number of alkyl halides is 3. The Morgan fingerprint density at radius 1 is 1.28 bits per heavy atom. The summed E-state index contributed by atoms with van der Waals surface area (Å²) >= 11 is 0. The first kappa shape index (κ1) is 14.3.